The predicted molar refractivity (Wildman–Crippen MR) is 109 cm³/mol. The first-order valence-electron chi connectivity index (χ1n) is 9.29. The van der Waals surface area contributed by atoms with Crippen LogP contribution >= 0.6 is 11.6 Å². The SMILES string of the molecule is Fc1ccccc1-c1nnc2ccc(N3CCOC(c4ccccc4Cl)C3)nn12. The Kier molecular flexibility index (Phi) is 4.61. The normalized spacial score (nSPS) is 17.0. The van der Waals surface area contributed by atoms with E-state index >= 15 is 0 Å². The monoisotopic (exact) mass is 409 g/mol. The number of ether oxygens (including phenoxy) is 1. The Bertz CT molecular complexity index is 1180. The number of rotatable bonds is 3. The van der Waals surface area contributed by atoms with E-state index in [1.807, 2.05) is 36.4 Å². The highest BCUT2D eigenvalue weighted by molar-refractivity contribution is 6.31. The number of halogens is 2. The Morgan fingerprint density at radius 3 is 2.69 bits per heavy atom. The third-order valence-electron chi connectivity index (χ3n) is 5.01. The van der Waals surface area contributed by atoms with E-state index in [2.05, 4.69) is 20.2 Å². The van der Waals surface area contributed by atoms with Crippen LogP contribution in [0.5, 0.6) is 0 Å². The van der Waals surface area contributed by atoms with Gasteiger partial charge in [0.2, 0.25) is 0 Å². The number of fused-ring (bicyclic) bond motifs is 1. The lowest BCUT2D eigenvalue weighted by Gasteiger charge is -2.34. The van der Waals surface area contributed by atoms with Gasteiger partial charge in [0.25, 0.3) is 0 Å². The summed E-state index contributed by atoms with van der Waals surface area (Å²) in [5, 5.41) is 13.6. The molecule has 1 atom stereocenters. The lowest BCUT2D eigenvalue weighted by molar-refractivity contribution is 0.0395. The van der Waals surface area contributed by atoms with Crippen LogP contribution in [-0.4, -0.2) is 39.5 Å². The van der Waals surface area contributed by atoms with Crippen LogP contribution in [0.3, 0.4) is 0 Å². The predicted octanol–water partition coefficient (Wildman–Crippen LogP) is 4.16. The third kappa shape index (κ3) is 3.32. The van der Waals surface area contributed by atoms with Gasteiger partial charge in [-0.25, -0.2) is 4.39 Å². The minimum Gasteiger partial charge on any atom is -0.370 e. The van der Waals surface area contributed by atoms with Gasteiger partial charge in [-0.05, 0) is 30.3 Å². The van der Waals surface area contributed by atoms with E-state index in [-0.39, 0.29) is 11.9 Å². The van der Waals surface area contributed by atoms with E-state index in [4.69, 9.17) is 16.3 Å². The van der Waals surface area contributed by atoms with E-state index in [1.165, 1.54) is 6.07 Å². The number of anilines is 1. The lowest BCUT2D eigenvalue weighted by atomic mass is 10.1. The highest BCUT2D eigenvalue weighted by Crippen LogP contribution is 2.30. The fraction of sp³-hybridized carbons (Fsp3) is 0.190. The molecule has 0 radical (unpaired) electrons. The standard InChI is InChI=1S/C21H17ClFN5O/c22-16-7-3-1-5-14(16)18-13-27(11-12-29-18)20-10-9-19-24-25-21(28(19)26-20)15-6-2-4-8-17(15)23/h1-10,18H,11-13H2. The van der Waals surface area contributed by atoms with Crippen molar-refractivity contribution in [3.63, 3.8) is 0 Å². The summed E-state index contributed by atoms with van der Waals surface area (Å²) >= 11 is 6.35. The Hall–Kier alpha value is -3.03. The molecule has 5 rings (SSSR count). The van der Waals surface area contributed by atoms with E-state index in [9.17, 15) is 4.39 Å². The quantitative estimate of drug-likeness (QED) is 0.508. The second kappa shape index (κ2) is 7.42. The van der Waals surface area contributed by atoms with Crippen molar-refractivity contribution < 1.29 is 9.13 Å². The molecule has 8 heteroatoms. The highest BCUT2D eigenvalue weighted by Gasteiger charge is 2.25. The molecule has 1 aliphatic rings. The molecule has 0 bridgehead atoms. The van der Waals surface area contributed by atoms with Crippen LogP contribution in [-0.2, 0) is 4.74 Å². The molecule has 0 spiro atoms. The molecule has 146 valence electrons. The maximum absolute atomic E-state index is 14.3. The Morgan fingerprint density at radius 1 is 1.00 bits per heavy atom. The third-order valence-corrected chi connectivity index (χ3v) is 5.35. The molecule has 4 aromatic rings. The second-order valence-corrected chi connectivity index (χ2v) is 7.20. The van der Waals surface area contributed by atoms with Crippen LogP contribution in [0.25, 0.3) is 17.0 Å². The molecule has 0 N–H and O–H groups in total. The van der Waals surface area contributed by atoms with Crippen molar-refractivity contribution in [3.8, 4) is 11.4 Å². The van der Waals surface area contributed by atoms with E-state index in [0.29, 0.717) is 41.8 Å². The van der Waals surface area contributed by atoms with Gasteiger partial charge in [-0.2, -0.15) is 4.52 Å². The van der Waals surface area contributed by atoms with Crippen LogP contribution in [0.15, 0.2) is 60.7 Å². The molecule has 3 heterocycles. The molecule has 1 unspecified atom stereocenters. The Labute approximate surface area is 171 Å². The van der Waals surface area contributed by atoms with Crippen molar-refractivity contribution in [2.45, 2.75) is 6.10 Å². The van der Waals surface area contributed by atoms with Crippen molar-refractivity contribution in [2.24, 2.45) is 0 Å². The Morgan fingerprint density at radius 2 is 1.83 bits per heavy atom. The zero-order valence-corrected chi connectivity index (χ0v) is 16.1. The molecule has 29 heavy (non-hydrogen) atoms. The largest absolute Gasteiger partial charge is 0.370 e. The summed E-state index contributed by atoms with van der Waals surface area (Å²) in [6, 6.07) is 17.9. The number of nitrogens with zero attached hydrogens (tertiary/aromatic N) is 5. The maximum atomic E-state index is 14.3. The lowest BCUT2D eigenvalue weighted by Crippen LogP contribution is -2.39. The van der Waals surface area contributed by atoms with Gasteiger partial charge in [-0.1, -0.05) is 41.9 Å². The summed E-state index contributed by atoms with van der Waals surface area (Å²) in [7, 11) is 0. The number of benzene rings is 2. The fourth-order valence-electron chi connectivity index (χ4n) is 3.54. The van der Waals surface area contributed by atoms with E-state index in [0.717, 1.165) is 11.4 Å². The summed E-state index contributed by atoms with van der Waals surface area (Å²) in [4.78, 5) is 2.13. The van der Waals surface area contributed by atoms with Gasteiger partial charge < -0.3 is 9.64 Å². The molecule has 1 saturated heterocycles. The minimum atomic E-state index is -0.362. The summed E-state index contributed by atoms with van der Waals surface area (Å²) in [5.41, 5.74) is 1.87. The molecule has 1 fully saturated rings. The van der Waals surface area contributed by atoms with E-state index in [1.54, 1.807) is 22.7 Å². The summed E-state index contributed by atoms with van der Waals surface area (Å²) < 4.78 is 21.8. The van der Waals surface area contributed by atoms with Gasteiger partial charge in [-0.15, -0.1) is 15.3 Å². The maximum Gasteiger partial charge on any atom is 0.188 e. The zero-order chi connectivity index (χ0) is 19.8. The topological polar surface area (TPSA) is 55.5 Å². The van der Waals surface area contributed by atoms with Crippen LogP contribution in [0.4, 0.5) is 10.2 Å². The van der Waals surface area contributed by atoms with Crippen molar-refractivity contribution in [3.05, 3.63) is 77.1 Å². The smallest absolute Gasteiger partial charge is 0.188 e. The number of hydrogen-bond donors (Lipinski definition) is 0. The van der Waals surface area contributed by atoms with Gasteiger partial charge in [-0.3, -0.25) is 0 Å². The second-order valence-electron chi connectivity index (χ2n) is 6.79. The van der Waals surface area contributed by atoms with Crippen molar-refractivity contribution in [2.75, 3.05) is 24.6 Å². The molecule has 0 aliphatic carbocycles. The molecular weight excluding hydrogens is 393 g/mol. The van der Waals surface area contributed by atoms with Gasteiger partial charge >= 0.3 is 0 Å². The average molecular weight is 410 g/mol. The van der Waals surface area contributed by atoms with Gasteiger partial charge in [0, 0.05) is 23.7 Å². The summed E-state index contributed by atoms with van der Waals surface area (Å²) in [6.07, 6.45) is -0.151. The number of morpholine rings is 1. The first-order chi connectivity index (χ1) is 14.2. The zero-order valence-electron chi connectivity index (χ0n) is 15.4. The molecule has 6 nitrogen and oxygen atoms in total. The number of aromatic nitrogens is 4. The van der Waals surface area contributed by atoms with Gasteiger partial charge in [0.15, 0.2) is 11.5 Å². The molecule has 1 aliphatic heterocycles. The van der Waals surface area contributed by atoms with Gasteiger partial charge in [0.1, 0.15) is 17.7 Å². The van der Waals surface area contributed by atoms with Crippen LogP contribution in [0.1, 0.15) is 11.7 Å². The minimum absolute atomic E-state index is 0.151. The Balaban J connectivity index is 1.50. The van der Waals surface area contributed by atoms with Crippen LogP contribution in [0, 0.1) is 5.82 Å². The average Bonchev–Trinajstić information content (AvgIpc) is 3.17. The first-order valence-corrected chi connectivity index (χ1v) is 9.67. The van der Waals surface area contributed by atoms with E-state index < -0.39 is 0 Å². The number of hydrogen-bond acceptors (Lipinski definition) is 5. The molecular formula is C21H17ClFN5O. The molecule has 2 aromatic carbocycles. The first kappa shape index (κ1) is 18.0. The fourth-order valence-corrected chi connectivity index (χ4v) is 3.80. The van der Waals surface area contributed by atoms with Crippen molar-refractivity contribution >= 4 is 23.1 Å². The van der Waals surface area contributed by atoms with Crippen LogP contribution < -0.4 is 4.90 Å². The summed E-state index contributed by atoms with van der Waals surface area (Å²) in [6.45, 7) is 1.86. The van der Waals surface area contributed by atoms with Crippen molar-refractivity contribution in [1.29, 1.82) is 0 Å². The highest BCUT2D eigenvalue weighted by atomic mass is 35.5. The molecule has 0 amide bonds. The van der Waals surface area contributed by atoms with Crippen molar-refractivity contribution in [1.82, 2.24) is 19.8 Å². The van der Waals surface area contributed by atoms with Crippen LogP contribution in [0.2, 0.25) is 5.02 Å². The summed E-state index contributed by atoms with van der Waals surface area (Å²) in [5.74, 6) is 0.755. The molecule has 2 aromatic heterocycles. The molecule has 0 saturated carbocycles. The van der Waals surface area contributed by atoms with Gasteiger partial charge in [0.05, 0.1) is 12.2 Å².